The molecule has 2 fully saturated rings. The van der Waals surface area contributed by atoms with Gasteiger partial charge in [-0.05, 0) is 56.5 Å². The predicted molar refractivity (Wildman–Crippen MR) is 103 cm³/mol. The summed E-state index contributed by atoms with van der Waals surface area (Å²) >= 11 is 0. The number of nitrogens with zero attached hydrogens (tertiary/aromatic N) is 3. The maximum absolute atomic E-state index is 13.1. The summed E-state index contributed by atoms with van der Waals surface area (Å²) in [5.41, 5.74) is 0.477. The van der Waals surface area contributed by atoms with Crippen molar-refractivity contribution in [1.82, 2.24) is 14.7 Å². The Kier molecular flexibility index (Phi) is 6.47. The summed E-state index contributed by atoms with van der Waals surface area (Å²) in [6, 6.07) is 5.92. The zero-order chi connectivity index (χ0) is 19.4. The number of rotatable bonds is 4. The third-order valence-corrected chi connectivity index (χ3v) is 6.05. The molecule has 5 nitrogen and oxygen atoms in total. The van der Waals surface area contributed by atoms with E-state index in [1.807, 2.05) is 11.9 Å². The summed E-state index contributed by atoms with van der Waals surface area (Å²) in [7, 11) is 1.91. The molecule has 1 aromatic carbocycles. The van der Waals surface area contributed by atoms with Gasteiger partial charge in [0.15, 0.2) is 0 Å². The molecule has 2 amide bonds. The van der Waals surface area contributed by atoms with Crippen molar-refractivity contribution in [3.05, 3.63) is 35.6 Å². The van der Waals surface area contributed by atoms with Crippen LogP contribution in [0.25, 0.3) is 0 Å². The zero-order valence-electron chi connectivity index (χ0n) is 16.4. The molecule has 2 aliphatic rings. The van der Waals surface area contributed by atoms with Crippen LogP contribution in [0.3, 0.4) is 0 Å². The molecular formula is C21H30FN3O2. The van der Waals surface area contributed by atoms with Crippen molar-refractivity contribution in [3.8, 4) is 0 Å². The molecule has 0 spiro atoms. The molecule has 2 aliphatic heterocycles. The molecule has 27 heavy (non-hydrogen) atoms. The number of amides is 2. The van der Waals surface area contributed by atoms with Gasteiger partial charge in [-0.25, -0.2) is 4.39 Å². The van der Waals surface area contributed by atoms with E-state index >= 15 is 0 Å². The van der Waals surface area contributed by atoms with Crippen LogP contribution in [0, 0.1) is 11.7 Å². The molecule has 1 atom stereocenters. The van der Waals surface area contributed by atoms with Crippen molar-refractivity contribution >= 4 is 11.8 Å². The van der Waals surface area contributed by atoms with Crippen molar-refractivity contribution in [2.24, 2.45) is 5.92 Å². The maximum atomic E-state index is 13.1. The van der Waals surface area contributed by atoms with Crippen LogP contribution in [-0.4, -0.2) is 72.3 Å². The van der Waals surface area contributed by atoms with E-state index in [0.29, 0.717) is 24.7 Å². The monoisotopic (exact) mass is 375 g/mol. The third kappa shape index (κ3) is 4.67. The first-order valence-electron chi connectivity index (χ1n) is 10.0. The van der Waals surface area contributed by atoms with Gasteiger partial charge >= 0.3 is 0 Å². The van der Waals surface area contributed by atoms with Crippen molar-refractivity contribution in [2.75, 3.05) is 39.8 Å². The average Bonchev–Trinajstić information content (AvgIpc) is 2.73. The largest absolute Gasteiger partial charge is 0.342 e. The van der Waals surface area contributed by atoms with Crippen molar-refractivity contribution in [3.63, 3.8) is 0 Å². The first-order valence-corrected chi connectivity index (χ1v) is 10.0. The van der Waals surface area contributed by atoms with Crippen LogP contribution in [0.1, 0.15) is 43.0 Å². The smallest absolute Gasteiger partial charge is 0.253 e. The molecule has 0 bridgehead atoms. The lowest BCUT2D eigenvalue weighted by atomic mass is 9.94. The quantitative estimate of drug-likeness (QED) is 0.813. The minimum Gasteiger partial charge on any atom is -0.342 e. The van der Waals surface area contributed by atoms with Gasteiger partial charge in [0.05, 0.1) is 5.92 Å². The second kappa shape index (κ2) is 8.83. The van der Waals surface area contributed by atoms with Crippen LogP contribution in [0.5, 0.6) is 0 Å². The van der Waals surface area contributed by atoms with Crippen molar-refractivity contribution in [1.29, 1.82) is 0 Å². The third-order valence-electron chi connectivity index (χ3n) is 6.05. The molecule has 0 saturated carbocycles. The molecule has 2 heterocycles. The Morgan fingerprint density at radius 3 is 2.41 bits per heavy atom. The molecule has 3 rings (SSSR count). The molecule has 148 valence electrons. The number of hydrogen-bond acceptors (Lipinski definition) is 3. The maximum Gasteiger partial charge on any atom is 0.253 e. The van der Waals surface area contributed by atoms with Gasteiger partial charge in [0.1, 0.15) is 5.82 Å². The second-order valence-corrected chi connectivity index (χ2v) is 7.71. The number of piperidine rings is 2. The van der Waals surface area contributed by atoms with Crippen LogP contribution in [-0.2, 0) is 4.79 Å². The molecule has 0 aromatic heterocycles. The van der Waals surface area contributed by atoms with Crippen LogP contribution < -0.4 is 0 Å². The van der Waals surface area contributed by atoms with E-state index in [1.165, 1.54) is 24.3 Å². The number of halogens is 1. The van der Waals surface area contributed by atoms with Gasteiger partial charge in [-0.3, -0.25) is 9.59 Å². The fraction of sp³-hybridized carbons (Fsp3) is 0.619. The lowest BCUT2D eigenvalue weighted by Crippen LogP contribution is -2.50. The highest BCUT2D eigenvalue weighted by Crippen LogP contribution is 2.23. The van der Waals surface area contributed by atoms with Crippen LogP contribution >= 0.6 is 0 Å². The Balaban J connectivity index is 1.59. The van der Waals surface area contributed by atoms with Gasteiger partial charge in [0.25, 0.3) is 5.91 Å². The SMILES string of the molecule is CCN1CCC(N(C)C(=O)C2CCCN(C(=O)c3ccc(F)cc3)C2)CC1. The Morgan fingerprint density at radius 1 is 1.11 bits per heavy atom. The van der Waals surface area contributed by atoms with Gasteiger partial charge in [-0.1, -0.05) is 6.92 Å². The van der Waals surface area contributed by atoms with Gasteiger partial charge in [-0.15, -0.1) is 0 Å². The predicted octanol–water partition coefficient (Wildman–Crippen LogP) is 2.62. The van der Waals surface area contributed by atoms with Crippen LogP contribution in [0.4, 0.5) is 4.39 Å². The molecule has 2 saturated heterocycles. The zero-order valence-corrected chi connectivity index (χ0v) is 16.4. The number of likely N-dealkylation sites (tertiary alicyclic amines) is 2. The van der Waals surface area contributed by atoms with E-state index < -0.39 is 0 Å². The molecule has 6 heteroatoms. The fourth-order valence-electron chi connectivity index (χ4n) is 4.23. The number of benzene rings is 1. The highest BCUT2D eigenvalue weighted by atomic mass is 19.1. The molecule has 1 aromatic rings. The Bertz CT molecular complexity index is 656. The summed E-state index contributed by atoms with van der Waals surface area (Å²) in [5.74, 6) is -0.459. The van der Waals surface area contributed by atoms with E-state index in [9.17, 15) is 14.0 Å². The summed E-state index contributed by atoms with van der Waals surface area (Å²) < 4.78 is 13.1. The Morgan fingerprint density at radius 2 is 1.78 bits per heavy atom. The summed E-state index contributed by atoms with van der Waals surface area (Å²) in [6.07, 6.45) is 3.68. The first kappa shape index (κ1) is 19.8. The van der Waals surface area contributed by atoms with Crippen LogP contribution in [0.2, 0.25) is 0 Å². The van der Waals surface area contributed by atoms with Crippen molar-refractivity contribution < 1.29 is 14.0 Å². The van der Waals surface area contributed by atoms with E-state index in [1.54, 1.807) is 4.90 Å². The van der Waals surface area contributed by atoms with Crippen molar-refractivity contribution in [2.45, 2.75) is 38.6 Å². The number of hydrogen-bond donors (Lipinski definition) is 0. The normalized spacial score (nSPS) is 21.9. The standard InChI is InChI=1S/C21H30FN3O2/c1-3-24-13-10-19(11-14-24)23(2)20(26)17-5-4-12-25(15-17)21(27)16-6-8-18(22)9-7-16/h6-9,17,19H,3-5,10-15H2,1-2H3. The Labute approximate surface area is 161 Å². The summed E-state index contributed by atoms with van der Waals surface area (Å²) in [4.78, 5) is 31.8. The fourth-order valence-corrected chi connectivity index (χ4v) is 4.23. The first-order chi connectivity index (χ1) is 13.0. The van der Waals surface area contributed by atoms with E-state index in [-0.39, 0.29) is 23.5 Å². The van der Waals surface area contributed by atoms with Gasteiger partial charge < -0.3 is 14.7 Å². The average molecular weight is 375 g/mol. The summed E-state index contributed by atoms with van der Waals surface area (Å²) in [6.45, 7) is 6.42. The molecule has 0 aliphatic carbocycles. The van der Waals surface area contributed by atoms with E-state index in [2.05, 4.69) is 11.8 Å². The van der Waals surface area contributed by atoms with E-state index in [4.69, 9.17) is 0 Å². The topological polar surface area (TPSA) is 43.9 Å². The summed E-state index contributed by atoms with van der Waals surface area (Å²) in [5, 5.41) is 0. The minimum atomic E-state index is -0.353. The van der Waals surface area contributed by atoms with Gasteiger partial charge in [0.2, 0.25) is 5.91 Å². The highest BCUT2D eigenvalue weighted by Gasteiger charge is 2.33. The Hall–Kier alpha value is -1.95. The molecule has 0 radical (unpaired) electrons. The van der Waals surface area contributed by atoms with Gasteiger partial charge in [-0.2, -0.15) is 0 Å². The number of carbonyl (C=O) groups is 2. The van der Waals surface area contributed by atoms with Crippen LogP contribution in [0.15, 0.2) is 24.3 Å². The highest BCUT2D eigenvalue weighted by molar-refractivity contribution is 5.94. The lowest BCUT2D eigenvalue weighted by Gasteiger charge is -2.39. The minimum absolute atomic E-state index is 0.119. The van der Waals surface area contributed by atoms with Gasteiger partial charge in [0, 0.05) is 44.8 Å². The molecular weight excluding hydrogens is 345 g/mol. The number of carbonyl (C=O) groups excluding carboxylic acids is 2. The molecule has 1 unspecified atom stereocenters. The van der Waals surface area contributed by atoms with E-state index in [0.717, 1.165) is 45.3 Å². The molecule has 0 N–H and O–H groups in total. The lowest BCUT2D eigenvalue weighted by molar-refractivity contribution is -0.138. The second-order valence-electron chi connectivity index (χ2n) is 7.71.